The zero-order valence-electron chi connectivity index (χ0n) is 45.8. The molecule has 1 unspecified atom stereocenters. The van der Waals surface area contributed by atoms with Crippen molar-refractivity contribution in [1.82, 2.24) is 0 Å². The minimum Gasteiger partial charge on any atom is -0.459 e. The molecular weight excluding hydrogens is 1010 g/mol. The molecule has 19 nitrogen and oxygen atoms in total. The van der Waals surface area contributed by atoms with Crippen molar-refractivity contribution in [3.63, 3.8) is 0 Å². The molecule has 16 rings (SSSR count). The van der Waals surface area contributed by atoms with Gasteiger partial charge in [-0.05, 0) is 80.3 Å². The Morgan fingerprint density at radius 3 is 2.09 bits per heavy atom. The monoisotopic (exact) mass is 1100 g/mol. The van der Waals surface area contributed by atoms with Crippen molar-refractivity contribution < 1.29 is 91.2 Å². The Bertz CT molecular complexity index is 2340. The van der Waals surface area contributed by atoms with Gasteiger partial charge in [0.25, 0.3) is 0 Å². The Labute approximate surface area is 457 Å². The molecule has 78 heavy (non-hydrogen) atoms. The fourth-order valence-electron chi connectivity index (χ4n) is 18.1. The second-order valence-electron chi connectivity index (χ2n) is 27.2. The molecule has 16 fully saturated rings. The number of aliphatic hydroxyl groups is 3. The van der Waals surface area contributed by atoms with Gasteiger partial charge in [-0.2, -0.15) is 0 Å². The summed E-state index contributed by atoms with van der Waals surface area (Å²) in [5.74, 6) is -4.62. The Hall–Kier alpha value is -1.73. The fourth-order valence-corrected chi connectivity index (χ4v) is 18.1. The minimum atomic E-state index is -1.54. The van der Waals surface area contributed by atoms with Gasteiger partial charge < -0.3 is 86.4 Å². The Morgan fingerprint density at radius 2 is 1.24 bits per heavy atom. The average Bonchev–Trinajstić information content (AvgIpc) is 3.47. The molecule has 0 amide bonds. The lowest BCUT2D eigenvalue weighted by molar-refractivity contribution is -0.371. The lowest BCUT2D eigenvalue weighted by atomic mass is 9.78. The molecule has 0 aromatic rings. The highest BCUT2D eigenvalue weighted by Gasteiger charge is 2.75. The van der Waals surface area contributed by atoms with Crippen molar-refractivity contribution in [2.45, 2.75) is 307 Å². The molecule has 16 heterocycles. The maximum Gasteiger partial charge on any atom is 0.308 e. The van der Waals surface area contributed by atoms with Crippen molar-refractivity contribution >= 4 is 5.97 Å². The summed E-state index contributed by atoms with van der Waals surface area (Å²) in [5, 5.41) is 32.5. The van der Waals surface area contributed by atoms with Crippen molar-refractivity contribution in [3.05, 3.63) is 24.3 Å². The predicted octanol–water partition coefficient (Wildman–Crippen LogP) is 4.88. The maximum absolute atomic E-state index is 14.6. The molecule has 16 aliphatic rings. The third-order valence-corrected chi connectivity index (χ3v) is 21.7. The van der Waals surface area contributed by atoms with Crippen LogP contribution in [0.2, 0.25) is 0 Å². The van der Waals surface area contributed by atoms with Crippen LogP contribution in [0.4, 0.5) is 0 Å². The van der Waals surface area contributed by atoms with Crippen LogP contribution in [-0.4, -0.2) is 191 Å². The van der Waals surface area contributed by atoms with Gasteiger partial charge in [-0.15, -0.1) is 0 Å². The quantitative estimate of drug-likeness (QED) is 0.248. The summed E-state index contributed by atoms with van der Waals surface area (Å²) in [6.07, 6.45) is 1.01. The van der Waals surface area contributed by atoms with E-state index in [1.54, 1.807) is 0 Å². The SMILES string of the molecule is C=C1C[C@@H]2CC[C@@]34CC5(O)O[C@H]6[C@@H](O3)[C@H]3O[C@H](CC[C@@H]3O[C@H]6[C@H]5O4)CC(=O)O[C@@H]3[C@@H](C)[C@@H]4O[C@@H]5C[C@]6(C[C@@H]7O[C@]8(C[C@H](C)[C@@H]9O[C@H](CCO)[C@H](O)C[C@@H]9O8)C[C@H](C)[C@@H]7O6)O[C@@H]5C[C@@H]4O[C@H]3C[C@H]3O[C@@H](CC[C@@H]1O2)C[C@@H](C)C3=C. The Morgan fingerprint density at radius 1 is 0.538 bits per heavy atom. The zero-order valence-corrected chi connectivity index (χ0v) is 45.8. The second-order valence-corrected chi connectivity index (χ2v) is 27.2. The van der Waals surface area contributed by atoms with E-state index in [1.807, 2.05) is 0 Å². The van der Waals surface area contributed by atoms with Crippen LogP contribution in [0, 0.1) is 23.7 Å². The van der Waals surface area contributed by atoms with Crippen molar-refractivity contribution in [2.75, 3.05) is 6.61 Å². The van der Waals surface area contributed by atoms with Gasteiger partial charge in [-0.1, -0.05) is 40.9 Å². The van der Waals surface area contributed by atoms with E-state index in [9.17, 15) is 20.1 Å². The van der Waals surface area contributed by atoms with Gasteiger partial charge in [-0.3, -0.25) is 4.79 Å². The van der Waals surface area contributed by atoms with E-state index in [-0.39, 0.29) is 122 Å². The number of aliphatic hydroxyl groups excluding tert-OH is 2. The van der Waals surface area contributed by atoms with E-state index in [2.05, 4.69) is 40.9 Å². The van der Waals surface area contributed by atoms with Gasteiger partial charge in [0.05, 0.1) is 117 Å². The number of carbonyl (C=O) groups is 1. The molecule has 0 aliphatic carbocycles. The number of hydrogen-bond acceptors (Lipinski definition) is 19. The maximum atomic E-state index is 14.6. The van der Waals surface area contributed by atoms with Gasteiger partial charge in [0, 0.05) is 63.9 Å². The second kappa shape index (κ2) is 19.4. The topological polar surface area (TPSA) is 216 Å². The van der Waals surface area contributed by atoms with Crippen molar-refractivity contribution in [2.24, 2.45) is 23.7 Å². The third kappa shape index (κ3) is 8.85. The van der Waals surface area contributed by atoms with Gasteiger partial charge in [0.15, 0.2) is 17.4 Å². The van der Waals surface area contributed by atoms with Crippen LogP contribution in [-0.2, 0) is 75.8 Å². The minimum absolute atomic E-state index is 0.0222. The van der Waals surface area contributed by atoms with Crippen LogP contribution in [0.25, 0.3) is 0 Å². The number of carbonyl (C=O) groups excluding carboxylic acids is 1. The first-order chi connectivity index (χ1) is 37.4. The molecule has 0 saturated carbocycles. The largest absolute Gasteiger partial charge is 0.459 e. The molecule has 16 aliphatic heterocycles. The molecule has 31 atom stereocenters. The van der Waals surface area contributed by atoms with Gasteiger partial charge in [0.1, 0.15) is 36.6 Å². The molecule has 16 saturated heterocycles. The first-order valence-electron chi connectivity index (χ1n) is 30.3. The predicted molar refractivity (Wildman–Crippen MR) is 269 cm³/mol. The van der Waals surface area contributed by atoms with Gasteiger partial charge >= 0.3 is 5.97 Å². The van der Waals surface area contributed by atoms with Crippen LogP contribution >= 0.6 is 0 Å². The summed E-state index contributed by atoms with van der Waals surface area (Å²) in [6.45, 7) is 17.7. The highest BCUT2D eigenvalue weighted by molar-refractivity contribution is 5.70. The van der Waals surface area contributed by atoms with Crippen LogP contribution < -0.4 is 0 Å². The number of fused-ring (bicyclic) bond motifs is 10. The molecule has 0 radical (unpaired) electrons. The standard InChI is InChI=1S/C59H84O19/c1-26-15-32-7-9-36-27(2)16-34(64-36)11-13-56-25-59(63)55(78-56)54-53(77-59)52(76-56)51-38(69-54)10-8-33(66-51)17-46(62)71-50-31(6)49-42(67-41(50)19-39(65-32)30(26)5)20-40-44(70-49)23-58(72-40)24-45-48(75-58)29(4)22-57(74-45)21-28(3)47-43(73-57)18-35(61)37(68-47)12-14-60/h26,28-29,31-45,47-55,60-61,63H,2,5,7-25H2,1,3-4,6H3/t26-,28+,29+,31+,32+,33-,34+,35-,36+,37-,38+,39-,40-,41+,42+,43+,44-,45+,47+,48+,49+,50-,51+,52+,53+,54-,55-,56-,57-,58+,59?/m1/s1. The molecule has 434 valence electrons. The normalized spacial score (nSPS) is 59.0. The molecule has 19 heteroatoms. The van der Waals surface area contributed by atoms with Crippen molar-refractivity contribution in [3.8, 4) is 0 Å². The number of ether oxygens (including phenoxy) is 15. The van der Waals surface area contributed by atoms with E-state index in [0.29, 0.717) is 77.0 Å². The van der Waals surface area contributed by atoms with Gasteiger partial charge in [-0.25, -0.2) is 0 Å². The Kier molecular flexibility index (Phi) is 13.2. The molecular formula is C59H84O19. The lowest BCUT2D eigenvalue weighted by Gasteiger charge is -2.54. The highest BCUT2D eigenvalue weighted by Crippen LogP contribution is 2.59. The smallest absolute Gasteiger partial charge is 0.308 e. The van der Waals surface area contributed by atoms with E-state index in [0.717, 1.165) is 36.8 Å². The number of esters is 1. The highest BCUT2D eigenvalue weighted by atomic mass is 16.8. The van der Waals surface area contributed by atoms with Crippen molar-refractivity contribution in [1.29, 1.82) is 0 Å². The van der Waals surface area contributed by atoms with E-state index in [4.69, 9.17) is 71.1 Å². The van der Waals surface area contributed by atoms with E-state index in [1.165, 1.54) is 0 Å². The summed E-state index contributed by atoms with van der Waals surface area (Å²) in [4.78, 5) is 14.6. The van der Waals surface area contributed by atoms with Crippen LogP contribution in [0.1, 0.15) is 143 Å². The summed E-state index contributed by atoms with van der Waals surface area (Å²) in [5.41, 5.74) is 2.09. The molecule has 12 bridgehead atoms. The molecule has 0 aromatic heterocycles. The fraction of sp³-hybridized carbons (Fsp3) is 0.915. The first-order valence-corrected chi connectivity index (χ1v) is 30.3. The Balaban J connectivity index is 0.667. The summed E-state index contributed by atoms with van der Waals surface area (Å²) < 4.78 is 103. The van der Waals surface area contributed by atoms with Crippen LogP contribution in [0.5, 0.6) is 0 Å². The average molecular weight is 1100 g/mol. The summed E-state index contributed by atoms with van der Waals surface area (Å²) >= 11 is 0. The molecule has 3 spiro atoms. The lowest BCUT2D eigenvalue weighted by Crippen LogP contribution is -2.62. The van der Waals surface area contributed by atoms with Crippen LogP contribution in [0.15, 0.2) is 24.3 Å². The van der Waals surface area contributed by atoms with Crippen LogP contribution in [0.3, 0.4) is 0 Å². The first kappa shape index (κ1) is 53.0. The summed E-state index contributed by atoms with van der Waals surface area (Å²) in [6, 6.07) is 0. The van der Waals surface area contributed by atoms with E-state index >= 15 is 0 Å². The summed E-state index contributed by atoms with van der Waals surface area (Å²) in [7, 11) is 0. The molecule has 3 N–H and O–H groups in total. The van der Waals surface area contributed by atoms with Gasteiger partial charge in [0.2, 0.25) is 5.79 Å². The zero-order chi connectivity index (χ0) is 53.4. The molecule has 0 aromatic carbocycles. The third-order valence-electron chi connectivity index (χ3n) is 21.7. The van der Waals surface area contributed by atoms with E-state index < -0.39 is 90.3 Å². The number of rotatable bonds is 2. The number of hydrogen-bond donors (Lipinski definition) is 3.